The summed E-state index contributed by atoms with van der Waals surface area (Å²) in [5, 5.41) is 10.7. The van der Waals surface area contributed by atoms with E-state index in [4.69, 9.17) is 4.74 Å². The van der Waals surface area contributed by atoms with Gasteiger partial charge in [0.25, 0.3) is 5.69 Å². The first-order chi connectivity index (χ1) is 9.51. The highest BCUT2D eigenvalue weighted by Gasteiger charge is 2.17. The van der Waals surface area contributed by atoms with E-state index in [1.165, 1.54) is 25.4 Å². The molecule has 0 unspecified atom stereocenters. The van der Waals surface area contributed by atoms with Crippen LogP contribution < -0.4 is 4.74 Å². The van der Waals surface area contributed by atoms with Gasteiger partial charge in [-0.15, -0.1) is 0 Å². The Morgan fingerprint density at radius 2 is 2.00 bits per heavy atom. The molecule has 0 fully saturated rings. The minimum atomic E-state index is -0.898. The van der Waals surface area contributed by atoms with Gasteiger partial charge in [0.15, 0.2) is 17.9 Å². The molecule has 0 bridgehead atoms. The SMILES string of the molecule is Cc1cc(Oc2ncc(C=O)cn2)c(F)cc1[N+](=O)[O-]. The summed E-state index contributed by atoms with van der Waals surface area (Å²) in [7, 11) is 0. The highest BCUT2D eigenvalue weighted by Crippen LogP contribution is 2.29. The lowest BCUT2D eigenvalue weighted by atomic mass is 10.2. The molecular formula is C12H8FN3O4. The lowest BCUT2D eigenvalue weighted by molar-refractivity contribution is -0.385. The second-order valence-corrected chi connectivity index (χ2v) is 3.85. The zero-order valence-corrected chi connectivity index (χ0v) is 10.2. The molecule has 1 aromatic heterocycles. The van der Waals surface area contributed by atoms with E-state index in [0.29, 0.717) is 6.29 Å². The van der Waals surface area contributed by atoms with E-state index in [0.717, 1.165) is 6.07 Å². The predicted octanol–water partition coefficient (Wildman–Crippen LogP) is 2.44. The fourth-order valence-electron chi connectivity index (χ4n) is 1.46. The lowest BCUT2D eigenvalue weighted by Gasteiger charge is -2.06. The number of nitrogens with zero attached hydrogens (tertiary/aromatic N) is 3. The van der Waals surface area contributed by atoms with Crippen molar-refractivity contribution in [2.24, 2.45) is 0 Å². The summed E-state index contributed by atoms with van der Waals surface area (Å²) in [6, 6.07) is 1.79. The lowest BCUT2D eigenvalue weighted by Crippen LogP contribution is -1.98. The third kappa shape index (κ3) is 2.74. The number of hydrogen-bond donors (Lipinski definition) is 0. The number of carbonyl (C=O) groups excluding carboxylic acids is 1. The number of nitro benzene ring substituents is 1. The van der Waals surface area contributed by atoms with Crippen molar-refractivity contribution in [2.75, 3.05) is 0 Å². The summed E-state index contributed by atoms with van der Waals surface area (Å²) in [5.41, 5.74) is 0.153. The van der Waals surface area contributed by atoms with Crippen LogP contribution in [-0.2, 0) is 0 Å². The molecule has 2 aromatic rings. The average molecular weight is 277 g/mol. The number of hydrogen-bond acceptors (Lipinski definition) is 6. The molecule has 2 rings (SSSR count). The van der Waals surface area contributed by atoms with Gasteiger partial charge in [-0.1, -0.05) is 0 Å². The Labute approximate surface area is 112 Å². The van der Waals surface area contributed by atoms with E-state index < -0.39 is 10.7 Å². The molecule has 0 N–H and O–H groups in total. The van der Waals surface area contributed by atoms with Gasteiger partial charge in [-0.25, -0.2) is 14.4 Å². The summed E-state index contributed by atoms with van der Waals surface area (Å²) < 4.78 is 18.8. The molecule has 0 atom stereocenters. The van der Waals surface area contributed by atoms with Gasteiger partial charge >= 0.3 is 6.01 Å². The van der Waals surface area contributed by atoms with Crippen molar-refractivity contribution in [3.8, 4) is 11.8 Å². The molecule has 0 amide bonds. The zero-order chi connectivity index (χ0) is 14.7. The molecule has 102 valence electrons. The van der Waals surface area contributed by atoms with Crippen LogP contribution in [0.25, 0.3) is 0 Å². The Kier molecular flexibility index (Phi) is 3.65. The number of aldehydes is 1. The Hall–Kier alpha value is -2.90. The van der Waals surface area contributed by atoms with Crippen molar-refractivity contribution in [1.29, 1.82) is 0 Å². The highest BCUT2D eigenvalue weighted by molar-refractivity contribution is 5.73. The first-order valence-corrected chi connectivity index (χ1v) is 5.41. The molecule has 0 aliphatic heterocycles. The van der Waals surface area contributed by atoms with Crippen molar-refractivity contribution in [2.45, 2.75) is 6.92 Å². The molecule has 20 heavy (non-hydrogen) atoms. The molecule has 0 radical (unpaired) electrons. The van der Waals surface area contributed by atoms with Gasteiger partial charge in [-0.2, -0.15) is 0 Å². The number of rotatable bonds is 4. The monoisotopic (exact) mass is 277 g/mol. The van der Waals surface area contributed by atoms with E-state index in [1.807, 2.05) is 0 Å². The van der Waals surface area contributed by atoms with Crippen LogP contribution in [0.1, 0.15) is 15.9 Å². The Balaban J connectivity index is 2.31. The maximum absolute atomic E-state index is 13.7. The highest BCUT2D eigenvalue weighted by atomic mass is 19.1. The van der Waals surface area contributed by atoms with Crippen molar-refractivity contribution in [3.63, 3.8) is 0 Å². The maximum Gasteiger partial charge on any atom is 0.322 e. The second kappa shape index (κ2) is 5.39. The number of halogens is 1. The van der Waals surface area contributed by atoms with Crippen molar-refractivity contribution in [3.05, 3.63) is 51.6 Å². The third-order valence-electron chi connectivity index (χ3n) is 2.43. The summed E-state index contributed by atoms with van der Waals surface area (Å²) in [6.45, 7) is 1.46. The fourth-order valence-corrected chi connectivity index (χ4v) is 1.46. The number of ether oxygens (including phenoxy) is 1. The summed E-state index contributed by atoms with van der Waals surface area (Å²) in [6.07, 6.45) is 2.98. The molecule has 0 saturated heterocycles. The number of aromatic nitrogens is 2. The molecule has 0 spiro atoms. The van der Waals surface area contributed by atoms with Gasteiger partial charge in [0, 0.05) is 18.0 Å². The topological polar surface area (TPSA) is 95.2 Å². The van der Waals surface area contributed by atoms with E-state index in [-0.39, 0.29) is 28.6 Å². The van der Waals surface area contributed by atoms with Crippen molar-refractivity contribution >= 4 is 12.0 Å². The van der Waals surface area contributed by atoms with Crippen LogP contribution in [0.2, 0.25) is 0 Å². The van der Waals surface area contributed by atoms with Gasteiger partial charge in [0.1, 0.15) is 0 Å². The number of carbonyl (C=O) groups is 1. The van der Waals surface area contributed by atoms with Crippen molar-refractivity contribution in [1.82, 2.24) is 9.97 Å². The van der Waals surface area contributed by atoms with Crippen LogP contribution >= 0.6 is 0 Å². The Morgan fingerprint density at radius 3 is 2.55 bits per heavy atom. The first-order valence-electron chi connectivity index (χ1n) is 5.41. The largest absolute Gasteiger partial charge is 0.421 e. The standard InChI is InChI=1S/C12H8FN3O4/c1-7-2-11(9(13)3-10(7)16(18)19)20-12-14-4-8(6-17)5-15-12/h2-6H,1H3. The Morgan fingerprint density at radius 1 is 1.35 bits per heavy atom. The van der Waals surface area contributed by atoms with Crippen LogP contribution in [0.4, 0.5) is 10.1 Å². The Bertz CT molecular complexity index is 673. The maximum atomic E-state index is 13.7. The van der Waals surface area contributed by atoms with E-state index in [2.05, 4.69) is 9.97 Å². The van der Waals surface area contributed by atoms with E-state index >= 15 is 0 Å². The number of benzene rings is 1. The van der Waals surface area contributed by atoms with Gasteiger partial charge in [-0.05, 0) is 13.0 Å². The summed E-state index contributed by atoms with van der Waals surface area (Å²) in [4.78, 5) is 27.8. The van der Waals surface area contributed by atoms with Gasteiger partial charge < -0.3 is 4.74 Å². The zero-order valence-electron chi connectivity index (χ0n) is 10.2. The van der Waals surface area contributed by atoms with Crippen LogP contribution in [0, 0.1) is 22.9 Å². The van der Waals surface area contributed by atoms with Gasteiger partial charge in [-0.3, -0.25) is 14.9 Å². The molecule has 0 aliphatic carbocycles. The minimum Gasteiger partial charge on any atom is -0.421 e. The number of nitro groups is 1. The molecular weight excluding hydrogens is 269 g/mol. The van der Waals surface area contributed by atoms with Crippen LogP contribution in [0.5, 0.6) is 11.8 Å². The van der Waals surface area contributed by atoms with Crippen LogP contribution in [-0.4, -0.2) is 21.2 Å². The molecule has 8 heteroatoms. The first kappa shape index (κ1) is 13.5. The van der Waals surface area contributed by atoms with Crippen LogP contribution in [0.15, 0.2) is 24.5 Å². The molecule has 1 heterocycles. The van der Waals surface area contributed by atoms with Gasteiger partial charge in [0.2, 0.25) is 0 Å². The van der Waals surface area contributed by atoms with Crippen molar-refractivity contribution < 1.29 is 18.8 Å². The normalized spacial score (nSPS) is 10.1. The predicted molar refractivity (Wildman–Crippen MR) is 65.3 cm³/mol. The minimum absolute atomic E-state index is 0.164. The van der Waals surface area contributed by atoms with Gasteiger partial charge in [0.05, 0.1) is 16.6 Å². The second-order valence-electron chi connectivity index (χ2n) is 3.85. The molecule has 7 nitrogen and oxygen atoms in total. The summed E-state index contributed by atoms with van der Waals surface area (Å²) >= 11 is 0. The average Bonchev–Trinajstić information content (AvgIpc) is 2.43. The number of aryl methyl sites for hydroxylation is 1. The smallest absolute Gasteiger partial charge is 0.322 e. The molecule has 0 saturated carbocycles. The molecule has 0 aliphatic rings. The van der Waals surface area contributed by atoms with Crippen LogP contribution in [0.3, 0.4) is 0 Å². The quantitative estimate of drug-likeness (QED) is 0.484. The molecule has 1 aromatic carbocycles. The van der Waals surface area contributed by atoms with E-state index in [9.17, 15) is 19.3 Å². The fraction of sp³-hybridized carbons (Fsp3) is 0.0833. The summed E-state index contributed by atoms with van der Waals surface area (Å²) in [5.74, 6) is -1.13. The third-order valence-corrected chi connectivity index (χ3v) is 2.43. The van der Waals surface area contributed by atoms with E-state index in [1.54, 1.807) is 0 Å².